The van der Waals surface area contributed by atoms with Crippen LogP contribution in [0.3, 0.4) is 0 Å². The van der Waals surface area contributed by atoms with Crippen LogP contribution in [-0.2, 0) is 11.8 Å². The summed E-state index contributed by atoms with van der Waals surface area (Å²) in [6, 6.07) is 1.99. The molecule has 23 heavy (non-hydrogen) atoms. The molecule has 2 fully saturated rings. The second-order valence-corrected chi connectivity index (χ2v) is 8.43. The van der Waals surface area contributed by atoms with E-state index in [1.165, 1.54) is 17.5 Å². The van der Waals surface area contributed by atoms with Gasteiger partial charge in [-0.3, -0.25) is 0 Å². The third-order valence-electron chi connectivity index (χ3n) is 6.80. The Morgan fingerprint density at radius 3 is 3.00 bits per heavy atom. The zero-order chi connectivity index (χ0) is 15.9. The normalized spacial score (nSPS) is 42.9. The van der Waals surface area contributed by atoms with Crippen LogP contribution in [0, 0.1) is 11.8 Å². The third kappa shape index (κ3) is 1.59. The highest BCUT2D eigenvalue weighted by Crippen LogP contribution is 2.66. The molecule has 0 radical (unpaired) electrons. The Kier molecular flexibility index (Phi) is 2.94. The lowest BCUT2D eigenvalue weighted by Crippen LogP contribution is -2.63. The molecule has 6 atom stereocenters. The lowest BCUT2D eigenvalue weighted by atomic mass is 9.47. The lowest BCUT2D eigenvalue weighted by molar-refractivity contribution is -0.143. The van der Waals surface area contributed by atoms with Crippen LogP contribution in [0.5, 0.6) is 11.5 Å². The molecule has 0 amide bonds. The SMILES string of the molecule is COc1cc(Br)c2c3c1OC1C(O)C(O)CC4C(CCCC341)C2. The van der Waals surface area contributed by atoms with E-state index in [0.29, 0.717) is 18.3 Å². The second kappa shape index (κ2) is 4.64. The summed E-state index contributed by atoms with van der Waals surface area (Å²) in [6.45, 7) is 0. The van der Waals surface area contributed by atoms with Gasteiger partial charge in [-0.2, -0.15) is 0 Å². The molecule has 1 aromatic rings. The van der Waals surface area contributed by atoms with Gasteiger partial charge < -0.3 is 19.7 Å². The highest BCUT2D eigenvalue weighted by molar-refractivity contribution is 9.10. The Morgan fingerprint density at radius 2 is 2.22 bits per heavy atom. The van der Waals surface area contributed by atoms with Gasteiger partial charge in [-0.25, -0.2) is 0 Å². The molecule has 1 spiro atoms. The molecule has 5 rings (SSSR count). The Bertz CT molecular complexity index is 690. The molecule has 5 heteroatoms. The number of hydrogen-bond donors (Lipinski definition) is 2. The molecule has 0 saturated heterocycles. The van der Waals surface area contributed by atoms with Crippen molar-refractivity contribution in [1.29, 1.82) is 0 Å². The highest BCUT2D eigenvalue weighted by atomic mass is 79.9. The summed E-state index contributed by atoms with van der Waals surface area (Å²) >= 11 is 3.73. The molecule has 2 N–H and O–H groups in total. The van der Waals surface area contributed by atoms with E-state index >= 15 is 0 Å². The molecule has 4 aliphatic rings. The maximum Gasteiger partial charge on any atom is 0.166 e. The van der Waals surface area contributed by atoms with Gasteiger partial charge in [0.1, 0.15) is 12.2 Å². The average molecular weight is 381 g/mol. The smallest absolute Gasteiger partial charge is 0.166 e. The zero-order valence-corrected chi connectivity index (χ0v) is 14.7. The van der Waals surface area contributed by atoms with E-state index in [1.54, 1.807) is 7.11 Å². The summed E-state index contributed by atoms with van der Waals surface area (Å²) in [6.07, 6.45) is 3.24. The van der Waals surface area contributed by atoms with Crippen LogP contribution < -0.4 is 9.47 Å². The molecule has 1 aromatic carbocycles. The summed E-state index contributed by atoms with van der Waals surface area (Å²) in [7, 11) is 1.66. The molecule has 6 unspecified atom stereocenters. The summed E-state index contributed by atoms with van der Waals surface area (Å²) in [4.78, 5) is 0. The maximum absolute atomic E-state index is 10.7. The third-order valence-corrected chi connectivity index (χ3v) is 7.51. The van der Waals surface area contributed by atoms with Crippen LogP contribution in [0.2, 0.25) is 0 Å². The van der Waals surface area contributed by atoms with Crippen LogP contribution in [0.1, 0.15) is 36.8 Å². The first-order chi connectivity index (χ1) is 11.1. The molecule has 2 saturated carbocycles. The van der Waals surface area contributed by atoms with Crippen molar-refractivity contribution in [1.82, 2.24) is 0 Å². The summed E-state index contributed by atoms with van der Waals surface area (Å²) < 4.78 is 12.9. The number of rotatable bonds is 1. The second-order valence-electron chi connectivity index (χ2n) is 7.58. The molecular formula is C18H21BrO4. The van der Waals surface area contributed by atoms with Gasteiger partial charge in [0.05, 0.1) is 13.2 Å². The van der Waals surface area contributed by atoms with E-state index in [2.05, 4.69) is 15.9 Å². The van der Waals surface area contributed by atoms with Gasteiger partial charge in [0.2, 0.25) is 0 Å². The Labute approximate surface area is 143 Å². The lowest BCUT2D eigenvalue weighted by Gasteiger charge is -2.57. The van der Waals surface area contributed by atoms with E-state index in [1.807, 2.05) is 6.07 Å². The zero-order valence-electron chi connectivity index (χ0n) is 13.1. The first-order valence-corrected chi connectivity index (χ1v) is 9.30. The number of ether oxygens (including phenoxy) is 2. The van der Waals surface area contributed by atoms with Crippen molar-refractivity contribution in [2.75, 3.05) is 7.11 Å². The van der Waals surface area contributed by atoms with Gasteiger partial charge in [0, 0.05) is 15.5 Å². The molecule has 4 nitrogen and oxygen atoms in total. The average Bonchev–Trinajstić information content (AvgIpc) is 2.86. The van der Waals surface area contributed by atoms with Crippen LogP contribution in [0.4, 0.5) is 0 Å². The van der Waals surface area contributed by atoms with E-state index in [9.17, 15) is 10.2 Å². The van der Waals surface area contributed by atoms with Crippen molar-refractivity contribution >= 4 is 15.9 Å². The molecule has 1 aliphatic heterocycles. The van der Waals surface area contributed by atoms with Crippen LogP contribution in [0.25, 0.3) is 0 Å². The van der Waals surface area contributed by atoms with Gasteiger partial charge >= 0.3 is 0 Å². The fraction of sp³-hybridized carbons (Fsp3) is 0.667. The van der Waals surface area contributed by atoms with Gasteiger partial charge in [0.25, 0.3) is 0 Å². The van der Waals surface area contributed by atoms with Gasteiger partial charge in [-0.05, 0) is 49.1 Å². The standard InChI is InChI=1S/C18H21BrO4/c1-22-13-7-11(19)9-5-8-3-2-4-18-10(8)6-12(20)15(21)17(18)23-16(13)14(9)18/h7-8,10,12,15,17,20-21H,2-6H2,1H3. The number of hydrogen-bond acceptors (Lipinski definition) is 4. The van der Waals surface area contributed by atoms with Crippen LogP contribution >= 0.6 is 15.9 Å². The maximum atomic E-state index is 10.7. The first kappa shape index (κ1) is 14.6. The summed E-state index contributed by atoms with van der Waals surface area (Å²) in [5.41, 5.74) is 2.43. The van der Waals surface area contributed by atoms with Crippen molar-refractivity contribution in [3.63, 3.8) is 0 Å². The fourth-order valence-electron chi connectivity index (χ4n) is 5.99. The summed E-state index contributed by atoms with van der Waals surface area (Å²) in [5, 5.41) is 21.1. The molecule has 0 aromatic heterocycles. The topological polar surface area (TPSA) is 58.9 Å². The Balaban J connectivity index is 1.82. The first-order valence-electron chi connectivity index (χ1n) is 8.50. The van der Waals surface area contributed by atoms with Crippen molar-refractivity contribution in [2.24, 2.45) is 11.8 Å². The van der Waals surface area contributed by atoms with Gasteiger partial charge in [-0.1, -0.05) is 22.4 Å². The van der Waals surface area contributed by atoms with Gasteiger partial charge in [0.15, 0.2) is 11.5 Å². The van der Waals surface area contributed by atoms with E-state index < -0.39 is 12.2 Å². The van der Waals surface area contributed by atoms with Crippen molar-refractivity contribution < 1.29 is 19.7 Å². The molecule has 124 valence electrons. The van der Waals surface area contributed by atoms with Gasteiger partial charge in [-0.15, -0.1) is 0 Å². The quantitative estimate of drug-likeness (QED) is 0.785. The Morgan fingerprint density at radius 1 is 1.39 bits per heavy atom. The number of methoxy groups -OCH3 is 1. The molecule has 1 heterocycles. The monoisotopic (exact) mass is 380 g/mol. The van der Waals surface area contributed by atoms with Crippen molar-refractivity contribution in [2.45, 2.75) is 55.8 Å². The van der Waals surface area contributed by atoms with E-state index in [-0.39, 0.29) is 11.5 Å². The predicted octanol–water partition coefficient (Wildman–Crippen LogP) is 2.55. The largest absolute Gasteiger partial charge is 0.493 e. The minimum atomic E-state index is -0.827. The minimum absolute atomic E-state index is 0.151. The molecule has 2 bridgehead atoms. The number of aliphatic hydroxyl groups is 2. The Hall–Kier alpha value is -0.780. The molecule has 3 aliphatic carbocycles. The number of aliphatic hydroxyl groups excluding tert-OH is 2. The van der Waals surface area contributed by atoms with E-state index in [4.69, 9.17) is 9.47 Å². The molecular weight excluding hydrogens is 360 g/mol. The minimum Gasteiger partial charge on any atom is -0.493 e. The highest BCUT2D eigenvalue weighted by Gasteiger charge is 2.66. The van der Waals surface area contributed by atoms with Crippen LogP contribution in [0.15, 0.2) is 10.5 Å². The summed E-state index contributed by atoms with van der Waals surface area (Å²) in [5.74, 6) is 2.49. The number of benzene rings is 1. The van der Waals surface area contributed by atoms with E-state index in [0.717, 1.165) is 35.2 Å². The fourth-order valence-corrected chi connectivity index (χ4v) is 6.56. The van der Waals surface area contributed by atoms with Crippen molar-refractivity contribution in [3.05, 3.63) is 21.7 Å². The van der Waals surface area contributed by atoms with Crippen molar-refractivity contribution in [3.8, 4) is 11.5 Å². The number of halogens is 1. The van der Waals surface area contributed by atoms with Crippen LogP contribution in [-0.4, -0.2) is 35.6 Å². The predicted molar refractivity (Wildman–Crippen MR) is 88.0 cm³/mol.